The molecule has 3 amide bonds. The van der Waals surface area contributed by atoms with Crippen LogP contribution in [0.25, 0.3) is 0 Å². The SMILES string of the molecule is Cc1noc(C)c1S(=O)(=O)Nc1ccc2c(c1)C(=O)N([C@H](C)CO)C[C@@H](C)[C@@H](CN(C)C(=O)Nc1ccc(C(F)(F)F)cc1)O2. The van der Waals surface area contributed by atoms with Crippen LogP contribution in [0.4, 0.5) is 29.3 Å². The number of rotatable bonds is 8. The number of carbonyl (C=O) groups excluding carboxylic acids is 2. The van der Waals surface area contributed by atoms with Gasteiger partial charge in [-0.25, -0.2) is 13.2 Å². The van der Waals surface area contributed by atoms with Gasteiger partial charge in [-0.1, -0.05) is 12.1 Å². The number of aryl methyl sites for hydroxylation is 2. The molecule has 3 aromatic rings. The number of hydrogen-bond acceptors (Lipinski definition) is 8. The minimum absolute atomic E-state index is 0.0169. The summed E-state index contributed by atoms with van der Waals surface area (Å²) in [5.41, 5.74) is -0.419. The molecule has 0 spiro atoms. The van der Waals surface area contributed by atoms with E-state index in [1.807, 2.05) is 6.92 Å². The van der Waals surface area contributed by atoms with Crippen LogP contribution in [0.1, 0.15) is 41.2 Å². The van der Waals surface area contributed by atoms with Crippen LogP contribution in [0.5, 0.6) is 5.75 Å². The Morgan fingerprint density at radius 2 is 1.82 bits per heavy atom. The molecule has 4 rings (SSSR count). The molecule has 2 aromatic carbocycles. The molecule has 244 valence electrons. The molecule has 1 aromatic heterocycles. The zero-order valence-electron chi connectivity index (χ0n) is 25.2. The second kappa shape index (κ2) is 13.0. The first kappa shape index (κ1) is 33.6. The summed E-state index contributed by atoms with van der Waals surface area (Å²) in [5, 5.41) is 16.1. The fourth-order valence-electron chi connectivity index (χ4n) is 4.88. The van der Waals surface area contributed by atoms with Gasteiger partial charge < -0.3 is 29.5 Å². The summed E-state index contributed by atoms with van der Waals surface area (Å²) in [4.78, 5) is 29.3. The van der Waals surface area contributed by atoms with Crippen LogP contribution in [0, 0.1) is 19.8 Å². The monoisotopic (exact) mass is 653 g/mol. The highest BCUT2D eigenvalue weighted by molar-refractivity contribution is 7.92. The Hall–Kier alpha value is -4.31. The van der Waals surface area contributed by atoms with Crippen molar-refractivity contribution >= 4 is 33.3 Å². The smallest absolute Gasteiger partial charge is 0.416 e. The molecule has 3 atom stereocenters. The molecule has 16 heteroatoms. The summed E-state index contributed by atoms with van der Waals surface area (Å²) in [6.45, 7) is 6.23. The van der Waals surface area contributed by atoms with E-state index in [0.717, 1.165) is 24.3 Å². The molecule has 0 saturated carbocycles. The number of nitrogens with zero attached hydrogens (tertiary/aromatic N) is 3. The highest BCUT2D eigenvalue weighted by Gasteiger charge is 2.35. The molecule has 0 unspecified atom stereocenters. The van der Waals surface area contributed by atoms with Crippen molar-refractivity contribution in [3.05, 3.63) is 65.0 Å². The van der Waals surface area contributed by atoms with Gasteiger partial charge >= 0.3 is 12.2 Å². The van der Waals surface area contributed by atoms with Gasteiger partial charge in [-0.05, 0) is 63.2 Å². The Labute approximate surface area is 258 Å². The third kappa shape index (κ3) is 7.50. The van der Waals surface area contributed by atoms with Crippen LogP contribution in [-0.4, -0.2) is 79.3 Å². The van der Waals surface area contributed by atoms with Crippen LogP contribution in [-0.2, 0) is 16.2 Å². The van der Waals surface area contributed by atoms with E-state index in [4.69, 9.17) is 9.26 Å². The number of anilines is 2. The highest BCUT2D eigenvalue weighted by atomic mass is 32.2. The zero-order valence-corrected chi connectivity index (χ0v) is 26.0. The number of aliphatic hydroxyl groups excluding tert-OH is 1. The first-order valence-corrected chi connectivity index (χ1v) is 15.4. The molecule has 0 aliphatic carbocycles. The summed E-state index contributed by atoms with van der Waals surface area (Å²) in [5.74, 6) is -0.626. The Bertz CT molecular complexity index is 1640. The number of carbonyl (C=O) groups is 2. The number of alkyl halides is 3. The fraction of sp³-hybridized carbons (Fsp3) is 0.414. The van der Waals surface area contributed by atoms with E-state index < -0.39 is 45.8 Å². The second-order valence-corrected chi connectivity index (χ2v) is 12.6. The van der Waals surface area contributed by atoms with E-state index in [1.54, 1.807) is 6.92 Å². The molecule has 45 heavy (non-hydrogen) atoms. The van der Waals surface area contributed by atoms with E-state index in [9.17, 15) is 36.3 Å². The van der Waals surface area contributed by atoms with Gasteiger partial charge in [0.1, 0.15) is 17.5 Å². The minimum atomic E-state index is -4.51. The van der Waals surface area contributed by atoms with Gasteiger partial charge in [-0.15, -0.1) is 0 Å². The van der Waals surface area contributed by atoms with Crippen LogP contribution in [0.2, 0.25) is 0 Å². The van der Waals surface area contributed by atoms with E-state index in [-0.39, 0.29) is 64.7 Å². The van der Waals surface area contributed by atoms with Gasteiger partial charge in [0.2, 0.25) is 0 Å². The summed E-state index contributed by atoms with van der Waals surface area (Å²) >= 11 is 0. The molecule has 0 saturated heterocycles. The molecule has 0 fully saturated rings. The topological polar surface area (TPSA) is 154 Å². The van der Waals surface area contributed by atoms with Crippen molar-refractivity contribution in [1.82, 2.24) is 15.0 Å². The number of aliphatic hydroxyl groups is 1. The lowest BCUT2D eigenvalue weighted by Crippen LogP contribution is -2.50. The Balaban J connectivity index is 1.59. The average molecular weight is 654 g/mol. The summed E-state index contributed by atoms with van der Waals surface area (Å²) in [6.07, 6.45) is -5.19. The third-order valence-corrected chi connectivity index (χ3v) is 9.04. The first-order valence-electron chi connectivity index (χ1n) is 13.9. The van der Waals surface area contributed by atoms with Crippen molar-refractivity contribution in [3.8, 4) is 5.75 Å². The van der Waals surface area contributed by atoms with E-state index in [0.29, 0.717) is 0 Å². The molecule has 0 bridgehead atoms. The number of ether oxygens (including phenoxy) is 1. The number of sulfonamides is 1. The maximum Gasteiger partial charge on any atom is 0.416 e. The van der Waals surface area contributed by atoms with Crippen LogP contribution >= 0.6 is 0 Å². The summed E-state index contributed by atoms with van der Waals surface area (Å²) < 4.78 is 78.6. The summed E-state index contributed by atoms with van der Waals surface area (Å²) in [6, 6.07) is 7.02. The molecule has 0 radical (unpaired) electrons. The lowest BCUT2D eigenvalue weighted by Gasteiger charge is -2.38. The van der Waals surface area contributed by atoms with Crippen molar-refractivity contribution in [2.24, 2.45) is 5.92 Å². The van der Waals surface area contributed by atoms with Crippen molar-refractivity contribution < 1.29 is 45.5 Å². The van der Waals surface area contributed by atoms with Gasteiger partial charge in [0.25, 0.3) is 15.9 Å². The number of benzene rings is 2. The lowest BCUT2D eigenvalue weighted by atomic mass is 9.99. The lowest BCUT2D eigenvalue weighted by molar-refractivity contribution is -0.137. The Morgan fingerprint density at radius 1 is 1.18 bits per heavy atom. The molecular weight excluding hydrogens is 619 g/mol. The molecule has 12 nitrogen and oxygen atoms in total. The largest absolute Gasteiger partial charge is 0.487 e. The zero-order chi connectivity index (χ0) is 33.3. The highest BCUT2D eigenvalue weighted by Crippen LogP contribution is 2.33. The van der Waals surface area contributed by atoms with Crippen LogP contribution in [0.3, 0.4) is 0 Å². The quantitative estimate of drug-likeness (QED) is 0.321. The van der Waals surface area contributed by atoms with Crippen molar-refractivity contribution in [2.75, 3.05) is 36.8 Å². The average Bonchev–Trinajstić information content (AvgIpc) is 3.32. The van der Waals surface area contributed by atoms with Crippen molar-refractivity contribution in [2.45, 2.75) is 50.9 Å². The standard InChI is InChI=1S/C29H34F3N5O7S/c1-16-13-37(17(2)15-38)27(39)23-12-22(35-45(41,42)26-18(3)34-44-19(26)4)10-11-24(23)43-25(16)14-36(5)28(40)33-21-8-6-20(7-9-21)29(30,31)32/h6-12,16-17,25,35,38H,13-15H2,1-5H3,(H,33,40)/t16-,17-,25-/m1/s1. The number of fused-ring (bicyclic) bond motifs is 1. The van der Waals surface area contributed by atoms with Crippen molar-refractivity contribution in [3.63, 3.8) is 0 Å². The Morgan fingerprint density at radius 3 is 2.40 bits per heavy atom. The number of likely N-dealkylation sites (N-methyl/N-ethyl adjacent to an activating group) is 1. The number of nitrogens with one attached hydrogen (secondary N) is 2. The first-order chi connectivity index (χ1) is 21.0. The third-order valence-electron chi connectivity index (χ3n) is 7.42. The minimum Gasteiger partial charge on any atom is -0.487 e. The van der Waals surface area contributed by atoms with Gasteiger partial charge in [0.15, 0.2) is 10.7 Å². The summed E-state index contributed by atoms with van der Waals surface area (Å²) in [7, 11) is -2.64. The van der Waals surface area contributed by atoms with Crippen LogP contribution in [0.15, 0.2) is 51.9 Å². The number of halogens is 3. The van der Waals surface area contributed by atoms with Crippen molar-refractivity contribution in [1.29, 1.82) is 0 Å². The van der Waals surface area contributed by atoms with Gasteiger partial charge in [0.05, 0.1) is 30.3 Å². The maximum atomic E-state index is 13.7. The normalized spacial score (nSPS) is 17.9. The molecule has 1 aliphatic rings. The Kier molecular flexibility index (Phi) is 9.68. The number of amides is 3. The predicted molar refractivity (Wildman–Crippen MR) is 157 cm³/mol. The number of urea groups is 1. The molecule has 1 aliphatic heterocycles. The van der Waals surface area contributed by atoms with E-state index >= 15 is 0 Å². The van der Waals surface area contributed by atoms with E-state index in [1.165, 1.54) is 48.9 Å². The molecule has 2 heterocycles. The predicted octanol–water partition coefficient (Wildman–Crippen LogP) is 4.50. The van der Waals surface area contributed by atoms with Gasteiger partial charge in [0, 0.05) is 30.9 Å². The van der Waals surface area contributed by atoms with E-state index in [2.05, 4.69) is 15.2 Å². The number of hydrogen-bond donors (Lipinski definition) is 3. The van der Waals surface area contributed by atoms with Gasteiger partial charge in [-0.2, -0.15) is 13.2 Å². The maximum absolute atomic E-state index is 13.7. The molecule has 3 N–H and O–H groups in total. The number of aromatic nitrogens is 1. The van der Waals surface area contributed by atoms with Crippen LogP contribution < -0.4 is 14.8 Å². The fourth-order valence-corrected chi connectivity index (χ4v) is 6.26. The van der Waals surface area contributed by atoms with Gasteiger partial charge in [-0.3, -0.25) is 9.52 Å². The second-order valence-electron chi connectivity index (χ2n) is 11.0. The molecular formula is C29H34F3N5O7S.